The van der Waals surface area contributed by atoms with Crippen molar-refractivity contribution in [3.05, 3.63) is 59.7 Å². The molecule has 1 N–H and O–H groups in total. The molecule has 0 radical (unpaired) electrons. The van der Waals surface area contributed by atoms with E-state index in [1.165, 1.54) is 0 Å². The molecule has 0 heterocycles. The van der Waals surface area contributed by atoms with Crippen LogP contribution in [-0.4, -0.2) is 11.1 Å². The minimum Gasteiger partial charge on any atom is -0.478 e. The van der Waals surface area contributed by atoms with Crippen molar-refractivity contribution in [2.45, 2.75) is 0 Å². The predicted octanol–water partition coefficient (Wildman–Crippen LogP) is 3.33. The van der Waals surface area contributed by atoms with E-state index in [4.69, 9.17) is 5.11 Å². The second-order valence-corrected chi connectivity index (χ2v) is 3.48. The average molecular weight is 234 g/mol. The van der Waals surface area contributed by atoms with Crippen molar-refractivity contribution < 1.29 is 18.7 Å². The van der Waals surface area contributed by atoms with E-state index in [0.717, 1.165) is 6.07 Å². The van der Waals surface area contributed by atoms with Gasteiger partial charge in [-0.1, -0.05) is 30.3 Å². The maximum Gasteiger partial charge on any atom is 0.336 e. The molecule has 0 aliphatic heterocycles. The van der Waals surface area contributed by atoms with E-state index in [9.17, 15) is 13.6 Å². The van der Waals surface area contributed by atoms with Gasteiger partial charge < -0.3 is 5.11 Å². The van der Waals surface area contributed by atoms with Gasteiger partial charge in [0, 0.05) is 0 Å². The van der Waals surface area contributed by atoms with Gasteiger partial charge in [0.1, 0.15) is 0 Å². The Labute approximate surface area is 96.1 Å². The van der Waals surface area contributed by atoms with Crippen LogP contribution in [0.25, 0.3) is 11.1 Å². The molecule has 0 aliphatic rings. The predicted molar refractivity (Wildman–Crippen MR) is 58.8 cm³/mol. The Morgan fingerprint density at radius 2 is 1.59 bits per heavy atom. The van der Waals surface area contributed by atoms with E-state index in [1.54, 1.807) is 30.3 Å². The Morgan fingerprint density at radius 3 is 2.18 bits per heavy atom. The van der Waals surface area contributed by atoms with E-state index in [2.05, 4.69) is 0 Å². The van der Waals surface area contributed by atoms with E-state index < -0.39 is 17.6 Å². The van der Waals surface area contributed by atoms with Gasteiger partial charge in [-0.2, -0.15) is 0 Å². The number of carboxylic acids is 1. The largest absolute Gasteiger partial charge is 0.478 e. The third-order valence-electron chi connectivity index (χ3n) is 2.38. The molecule has 0 saturated carbocycles. The third kappa shape index (κ3) is 2.15. The quantitative estimate of drug-likeness (QED) is 0.865. The summed E-state index contributed by atoms with van der Waals surface area (Å²) in [6, 6.07) is 10.0. The molecule has 0 bridgehead atoms. The lowest BCUT2D eigenvalue weighted by molar-refractivity contribution is 0.0697. The highest BCUT2D eigenvalue weighted by atomic mass is 19.2. The molecule has 0 aliphatic carbocycles. The summed E-state index contributed by atoms with van der Waals surface area (Å²) >= 11 is 0. The summed E-state index contributed by atoms with van der Waals surface area (Å²) in [6.45, 7) is 0. The summed E-state index contributed by atoms with van der Waals surface area (Å²) in [5.41, 5.74) is 0.441. The topological polar surface area (TPSA) is 37.3 Å². The van der Waals surface area contributed by atoms with Crippen LogP contribution in [0, 0.1) is 11.6 Å². The van der Waals surface area contributed by atoms with E-state index in [1.807, 2.05) is 0 Å². The second kappa shape index (κ2) is 4.33. The molecule has 0 amide bonds. The van der Waals surface area contributed by atoms with Crippen molar-refractivity contribution in [2.75, 3.05) is 0 Å². The molecule has 4 heteroatoms. The molecule has 0 fully saturated rings. The molecule has 2 aromatic carbocycles. The zero-order valence-electron chi connectivity index (χ0n) is 8.65. The van der Waals surface area contributed by atoms with Crippen molar-refractivity contribution >= 4 is 5.97 Å². The summed E-state index contributed by atoms with van der Waals surface area (Å²) < 4.78 is 26.1. The first-order chi connectivity index (χ1) is 8.09. The summed E-state index contributed by atoms with van der Waals surface area (Å²) in [6.07, 6.45) is 0. The second-order valence-electron chi connectivity index (χ2n) is 3.48. The maximum atomic E-state index is 13.1. The average Bonchev–Trinajstić information content (AvgIpc) is 2.33. The number of rotatable bonds is 2. The van der Waals surface area contributed by atoms with Gasteiger partial charge in [-0.3, -0.25) is 0 Å². The molecule has 0 atom stereocenters. The van der Waals surface area contributed by atoms with Crippen LogP contribution in [0.2, 0.25) is 0 Å². The molecule has 86 valence electrons. The highest BCUT2D eigenvalue weighted by Crippen LogP contribution is 2.26. The molecule has 2 rings (SSSR count). The van der Waals surface area contributed by atoms with Crippen molar-refractivity contribution in [3.63, 3.8) is 0 Å². The number of hydrogen-bond donors (Lipinski definition) is 1. The van der Waals surface area contributed by atoms with Gasteiger partial charge in [-0.15, -0.1) is 0 Å². The van der Waals surface area contributed by atoms with Crippen LogP contribution in [0.15, 0.2) is 42.5 Å². The van der Waals surface area contributed by atoms with Gasteiger partial charge in [0.25, 0.3) is 0 Å². The van der Waals surface area contributed by atoms with E-state index in [-0.39, 0.29) is 11.1 Å². The Balaban J connectivity index is 2.68. The van der Waals surface area contributed by atoms with Crippen molar-refractivity contribution in [1.29, 1.82) is 0 Å². The molecular formula is C13H8F2O2. The standard InChI is InChI=1S/C13H8F2O2/c14-11-6-9(8-4-2-1-3-5-8)10(13(16)17)7-12(11)15/h1-7H,(H,16,17). The van der Waals surface area contributed by atoms with Crippen LogP contribution in [-0.2, 0) is 0 Å². The van der Waals surface area contributed by atoms with Crippen LogP contribution < -0.4 is 0 Å². The van der Waals surface area contributed by atoms with E-state index in [0.29, 0.717) is 11.6 Å². The summed E-state index contributed by atoms with van der Waals surface area (Å²) in [7, 11) is 0. The Morgan fingerprint density at radius 1 is 1.00 bits per heavy atom. The van der Waals surface area contributed by atoms with Crippen molar-refractivity contribution in [2.24, 2.45) is 0 Å². The molecule has 0 spiro atoms. The van der Waals surface area contributed by atoms with Gasteiger partial charge in [0.2, 0.25) is 0 Å². The van der Waals surface area contributed by atoms with Crippen LogP contribution in [0.3, 0.4) is 0 Å². The Kier molecular flexibility index (Phi) is 2.87. The fraction of sp³-hybridized carbons (Fsp3) is 0. The van der Waals surface area contributed by atoms with E-state index >= 15 is 0 Å². The zero-order valence-corrected chi connectivity index (χ0v) is 8.65. The number of halogens is 2. The van der Waals surface area contributed by atoms with Gasteiger partial charge in [0.15, 0.2) is 11.6 Å². The van der Waals surface area contributed by atoms with Gasteiger partial charge >= 0.3 is 5.97 Å². The first-order valence-electron chi connectivity index (χ1n) is 4.87. The van der Waals surface area contributed by atoms with Gasteiger partial charge in [0.05, 0.1) is 5.56 Å². The first kappa shape index (κ1) is 11.3. The van der Waals surface area contributed by atoms with Crippen LogP contribution >= 0.6 is 0 Å². The monoisotopic (exact) mass is 234 g/mol. The number of carbonyl (C=O) groups is 1. The van der Waals surface area contributed by atoms with Crippen molar-refractivity contribution in [1.82, 2.24) is 0 Å². The maximum absolute atomic E-state index is 13.1. The zero-order chi connectivity index (χ0) is 12.4. The first-order valence-corrected chi connectivity index (χ1v) is 4.87. The van der Waals surface area contributed by atoms with Crippen LogP contribution in [0.4, 0.5) is 8.78 Å². The molecule has 0 unspecified atom stereocenters. The SMILES string of the molecule is O=C(O)c1cc(F)c(F)cc1-c1ccccc1. The van der Waals surface area contributed by atoms with Crippen LogP contribution in [0.5, 0.6) is 0 Å². The van der Waals surface area contributed by atoms with Crippen LogP contribution in [0.1, 0.15) is 10.4 Å². The number of benzene rings is 2. The summed E-state index contributed by atoms with van der Waals surface area (Å²) in [4.78, 5) is 11.0. The lowest BCUT2D eigenvalue weighted by Gasteiger charge is -2.07. The number of aromatic carboxylic acids is 1. The Hall–Kier alpha value is -2.23. The molecule has 17 heavy (non-hydrogen) atoms. The number of hydrogen-bond acceptors (Lipinski definition) is 1. The molecule has 0 aromatic heterocycles. The van der Waals surface area contributed by atoms with Gasteiger partial charge in [-0.25, -0.2) is 13.6 Å². The fourth-order valence-electron chi connectivity index (χ4n) is 1.58. The Bertz CT molecular complexity index is 565. The summed E-state index contributed by atoms with van der Waals surface area (Å²) in [5.74, 6) is -3.52. The molecular weight excluding hydrogens is 226 g/mol. The molecule has 0 saturated heterocycles. The fourth-order valence-corrected chi connectivity index (χ4v) is 1.58. The highest BCUT2D eigenvalue weighted by Gasteiger charge is 2.16. The van der Waals surface area contributed by atoms with Gasteiger partial charge in [-0.05, 0) is 23.3 Å². The third-order valence-corrected chi connectivity index (χ3v) is 2.38. The minimum absolute atomic E-state index is 0.164. The molecule has 2 aromatic rings. The summed E-state index contributed by atoms with van der Waals surface area (Å²) in [5, 5.41) is 8.95. The highest BCUT2D eigenvalue weighted by molar-refractivity contribution is 5.96. The lowest BCUT2D eigenvalue weighted by Crippen LogP contribution is -2.02. The lowest BCUT2D eigenvalue weighted by atomic mass is 9.99. The smallest absolute Gasteiger partial charge is 0.336 e. The minimum atomic E-state index is -1.29. The number of carboxylic acid groups (broad SMARTS) is 1. The molecule has 2 nitrogen and oxygen atoms in total. The van der Waals surface area contributed by atoms with Crippen molar-refractivity contribution in [3.8, 4) is 11.1 Å². The normalized spacial score (nSPS) is 10.2.